The average molecular weight is 332 g/mol. The molecular formula is C16H24N6O2. The van der Waals surface area contributed by atoms with Gasteiger partial charge in [-0.05, 0) is 19.9 Å². The molecule has 0 saturated carbocycles. The van der Waals surface area contributed by atoms with Crippen molar-refractivity contribution in [3.63, 3.8) is 0 Å². The van der Waals surface area contributed by atoms with E-state index in [2.05, 4.69) is 20.2 Å². The molecule has 2 fully saturated rings. The van der Waals surface area contributed by atoms with E-state index in [9.17, 15) is 9.59 Å². The minimum atomic E-state index is -0.0945. The van der Waals surface area contributed by atoms with Gasteiger partial charge in [0.2, 0.25) is 11.9 Å². The summed E-state index contributed by atoms with van der Waals surface area (Å²) < 4.78 is 0. The van der Waals surface area contributed by atoms with Crippen LogP contribution in [0.5, 0.6) is 0 Å². The van der Waals surface area contributed by atoms with Crippen molar-refractivity contribution in [1.82, 2.24) is 25.1 Å². The minimum absolute atomic E-state index is 0.0907. The number of likely N-dealkylation sites (tertiary alicyclic amines) is 1. The lowest BCUT2D eigenvalue weighted by atomic mass is 10.2. The Labute approximate surface area is 141 Å². The van der Waals surface area contributed by atoms with E-state index in [1.807, 2.05) is 18.7 Å². The van der Waals surface area contributed by atoms with Gasteiger partial charge in [-0.3, -0.25) is 4.79 Å². The Morgan fingerprint density at radius 2 is 1.88 bits per heavy atom. The summed E-state index contributed by atoms with van der Waals surface area (Å²) in [5, 5.41) is 2.99. The van der Waals surface area contributed by atoms with Crippen molar-refractivity contribution < 1.29 is 9.59 Å². The molecular weight excluding hydrogens is 308 g/mol. The van der Waals surface area contributed by atoms with Crippen LogP contribution in [0.25, 0.3) is 0 Å². The number of nitrogens with zero attached hydrogens (tertiary/aromatic N) is 5. The second-order valence-corrected chi connectivity index (χ2v) is 6.51. The zero-order chi connectivity index (χ0) is 17.1. The van der Waals surface area contributed by atoms with Gasteiger partial charge in [0.15, 0.2) is 0 Å². The summed E-state index contributed by atoms with van der Waals surface area (Å²) in [6.07, 6.45) is 3.83. The van der Waals surface area contributed by atoms with E-state index in [1.165, 1.54) is 0 Å². The van der Waals surface area contributed by atoms with Crippen LogP contribution in [-0.2, 0) is 4.79 Å². The van der Waals surface area contributed by atoms with Crippen molar-refractivity contribution in [3.05, 3.63) is 18.5 Å². The summed E-state index contributed by atoms with van der Waals surface area (Å²) in [5.74, 6) is 0.813. The number of aromatic nitrogens is 2. The van der Waals surface area contributed by atoms with Crippen molar-refractivity contribution in [2.24, 2.45) is 0 Å². The Bertz CT molecular complexity index is 585. The summed E-state index contributed by atoms with van der Waals surface area (Å²) in [7, 11) is 0. The molecule has 0 radical (unpaired) electrons. The summed E-state index contributed by atoms with van der Waals surface area (Å²) in [6.45, 7) is 7.25. The van der Waals surface area contributed by atoms with E-state index in [0.29, 0.717) is 45.1 Å². The second kappa shape index (κ2) is 7.02. The fraction of sp³-hybridized carbons (Fsp3) is 0.625. The Kier molecular flexibility index (Phi) is 4.82. The molecule has 1 aromatic rings. The Hall–Kier alpha value is -2.38. The van der Waals surface area contributed by atoms with Crippen molar-refractivity contribution in [2.75, 3.05) is 37.6 Å². The molecule has 1 unspecified atom stereocenters. The van der Waals surface area contributed by atoms with E-state index in [4.69, 9.17) is 0 Å². The maximum absolute atomic E-state index is 12.4. The first-order valence-corrected chi connectivity index (χ1v) is 8.41. The lowest BCUT2D eigenvalue weighted by molar-refractivity contribution is -0.129. The van der Waals surface area contributed by atoms with Gasteiger partial charge in [-0.2, -0.15) is 0 Å². The smallest absolute Gasteiger partial charge is 0.317 e. The van der Waals surface area contributed by atoms with E-state index in [-0.39, 0.29) is 24.0 Å². The third kappa shape index (κ3) is 3.58. The average Bonchev–Trinajstić information content (AvgIpc) is 2.96. The molecule has 2 aliphatic heterocycles. The van der Waals surface area contributed by atoms with Gasteiger partial charge in [-0.25, -0.2) is 14.8 Å². The van der Waals surface area contributed by atoms with Crippen molar-refractivity contribution >= 4 is 17.9 Å². The lowest BCUT2D eigenvalue weighted by Crippen LogP contribution is -2.54. The van der Waals surface area contributed by atoms with Crippen LogP contribution < -0.4 is 10.2 Å². The summed E-state index contributed by atoms with van der Waals surface area (Å²) in [4.78, 5) is 38.5. The Balaban J connectivity index is 1.48. The number of carbonyl (C=O) groups excluding carboxylic acids is 2. The summed E-state index contributed by atoms with van der Waals surface area (Å²) in [5.41, 5.74) is 0. The van der Waals surface area contributed by atoms with Crippen LogP contribution in [0.1, 0.15) is 20.3 Å². The first-order valence-electron chi connectivity index (χ1n) is 8.41. The molecule has 0 aliphatic carbocycles. The monoisotopic (exact) mass is 332 g/mol. The maximum atomic E-state index is 12.4. The van der Waals surface area contributed by atoms with Gasteiger partial charge in [0.1, 0.15) is 0 Å². The number of hydrogen-bond acceptors (Lipinski definition) is 5. The zero-order valence-corrected chi connectivity index (χ0v) is 14.2. The van der Waals surface area contributed by atoms with Gasteiger partial charge in [-0.15, -0.1) is 0 Å². The molecule has 0 bridgehead atoms. The highest BCUT2D eigenvalue weighted by atomic mass is 16.2. The Morgan fingerprint density at radius 3 is 2.46 bits per heavy atom. The topological polar surface area (TPSA) is 81.7 Å². The number of rotatable bonds is 3. The number of amides is 3. The zero-order valence-electron chi connectivity index (χ0n) is 14.2. The lowest BCUT2D eigenvalue weighted by Gasteiger charge is -2.35. The van der Waals surface area contributed by atoms with Gasteiger partial charge in [-0.1, -0.05) is 0 Å². The third-order valence-electron chi connectivity index (χ3n) is 4.51. The first kappa shape index (κ1) is 16.5. The van der Waals surface area contributed by atoms with Gasteiger partial charge < -0.3 is 20.0 Å². The molecule has 3 amide bonds. The van der Waals surface area contributed by atoms with Gasteiger partial charge in [0, 0.05) is 57.6 Å². The third-order valence-corrected chi connectivity index (χ3v) is 4.51. The largest absolute Gasteiger partial charge is 0.338 e. The highest BCUT2D eigenvalue weighted by Gasteiger charge is 2.33. The molecule has 3 rings (SSSR count). The molecule has 8 nitrogen and oxygen atoms in total. The van der Waals surface area contributed by atoms with Gasteiger partial charge >= 0.3 is 6.03 Å². The normalized spacial score (nSPS) is 21.5. The van der Waals surface area contributed by atoms with Crippen LogP contribution in [0.2, 0.25) is 0 Å². The predicted octanol–water partition coefficient (Wildman–Crippen LogP) is 0.318. The van der Waals surface area contributed by atoms with Crippen LogP contribution in [0, 0.1) is 0 Å². The summed E-state index contributed by atoms with van der Waals surface area (Å²) >= 11 is 0. The number of piperazine rings is 1. The minimum Gasteiger partial charge on any atom is -0.338 e. The Morgan fingerprint density at radius 1 is 1.21 bits per heavy atom. The van der Waals surface area contributed by atoms with Crippen LogP contribution in [0.15, 0.2) is 18.5 Å². The molecule has 1 atom stereocenters. The van der Waals surface area contributed by atoms with Crippen LogP contribution in [0.4, 0.5) is 10.7 Å². The molecule has 1 aromatic heterocycles. The molecule has 2 aliphatic rings. The van der Waals surface area contributed by atoms with E-state index in [0.717, 1.165) is 0 Å². The van der Waals surface area contributed by atoms with Crippen LogP contribution >= 0.6 is 0 Å². The number of anilines is 1. The number of urea groups is 1. The molecule has 0 aromatic carbocycles. The van der Waals surface area contributed by atoms with Crippen LogP contribution in [0.3, 0.4) is 0 Å². The number of nitrogens with one attached hydrogen (secondary N) is 1. The fourth-order valence-electron chi connectivity index (χ4n) is 3.16. The molecule has 8 heteroatoms. The number of hydrogen-bond donors (Lipinski definition) is 1. The van der Waals surface area contributed by atoms with Crippen molar-refractivity contribution in [2.45, 2.75) is 32.4 Å². The first-order chi connectivity index (χ1) is 11.5. The summed E-state index contributed by atoms with van der Waals surface area (Å²) in [6, 6.07) is 1.78. The van der Waals surface area contributed by atoms with Gasteiger partial charge in [0.25, 0.3) is 0 Å². The van der Waals surface area contributed by atoms with Crippen molar-refractivity contribution in [1.29, 1.82) is 0 Å². The van der Waals surface area contributed by atoms with E-state index >= 15 is 0 Å². The van der Waals surface area contributed by atoms with E-state index in [1.54, 1.807) is 23.4 Å². The standard InChI is InChI=1S/C16H24N6O2/c1-12(2)22-11-13(10-14(22)23)19-16(24)21-8-6-20(7-9-21)15-17-4-3-5-18-15/h3-5,12-13H,6-11H2,1-2H3,(H,19,24). The number of carbonyl (C=O) groups is 2. The molecule has 3 heterocycles. The molecule has 2 saturated heterocycles. The van der Waals surface area contributed by atoms with Crippen molar-refractivity contribution in [3.8, 4) is 0 Å². The van der Waals surface area contributed by atoms with Crippen LogP contribution in [-0.4, -0.2) is 76.5 Å². The quantitative estimate of drug-likeness (QED) is 0.862. The van der Waals surface area contributed by atoms with E-state index < -0.39 is 0 Å². The maximum Gasteiger partial charge on any atom is 0.317 e. The highest BCUT2D eigenvalue weighted by molar-refractivity contribution is 5.82. The van der Waals surface area contributed by atoms with Gasteiger partial charge in [0.05, 0.1) is 6.04 Å². The second-order valence-electron chi connectivity index (χ2n) is 6.51. The molecule has 24 heavy (non-hydrogen) atoms. The SMILES string of the molecule is CC(C)N1CC(NC(=O)N2CCN(c3ncccn3)CC2)CC1=O. The highest BCUT2D eigenvalue weighted by Crippen LogP contribution is 2.15. The molecule has 1 N–H and O–H groups in total. The fourth-order valence-corrected chi connectivity index (χ4v) is 3.16. The molecule has 130 valence electrons. The molecule has 0 spiro atoms. The predicted molar refractivity (Wildman–Crippen MR) is 89.6 cm³/mol.